The first-order valence-corrected chi connectivity index (χ1v) is 9.57. The molecule has 0 bridgehead atoms. The Kier molecular flexibility index (Phi) is 6.29. The van der Waals surface area contributed by atoms with E-state index in [-0.39, 0.29) is 11.8 Å². The lowest BCUT2D eigenvalue weighted by Crippen LogP contribution is -2.27. The Morgan fingerprint density at radius 2 is 1.57 bits per heavy atom. The molecule has 0 fully saturated rings. The van der Waals surface area contributed by atoms with Crippen molar-refractivity contribution in [3.05, 3.63) is 89.7 Å². The second-order valence-corrected chi connectivity index (χ2v) is 7.78. The van der Waals surface area contributed by atoms with E-state index < -0.39 is 5.41 Å². The van der Waals surface area contributed by atoms with Gasteiger partial charge in [0.05, 0.1) is 0 Å². The third-order valence-corrected chi connectivity index (χ3v) is 4.18. The SMILES string of the molecule is CC(C)(C)C(=O)Nc1cccc(C(=O)Nc2cccc(C#Cc3ccccn3)c2)c1. The van der Waals surface area contributed by atoms with Crippen molar-refractivity contribution in [1.82, 2.24) is 4.98 Å². The first kappa shape index (κ1) is 20.8. The maximum Gasteiger partial charge on any atom is 0.255 e. The van der Waals surface area contributed by atoms with Gasteiger partial charge in [0, 0.05) is 34.1 Å². The molecule has 0 aliphatic heterocycles. The highest BCUT2D eigenvalue weighted by Crippen LogP contribution is 2.19. The highest BCUT2D eigenvalue weighted by molar-refractivity contribution is 6.05. The molecule has 1 heterocycles. The van der Waals surface area contributed by atoms with Crippen molar-refractivity contribution in [1.29, 1.82) is 0 Å². The highest BCUT2D eigenvalue weighted by atomic mass is 16.2. The lowest BCUT2D eigenvalue weighted by molar-refractivity contribution is -0.123. The van der Waals surface area contributed by atoms with E-state index in [1.807, 2.05) is 51.1 Å². The summed E-state index contributed by atoms with van der Waals surface area (Å²) in [5.41, 5.74) is 2.60. The number of nitrogens with one attached hydrogen (secondary N) is 2. The van der Waals surface area contributed by atoms with Crippen LogP contribution in [0.2, 0.25) is 0 Å². The van der Waals surface area contributed by atoms with Crippen molar-refractivity contribution in [2.45, 2.75) is 20.8 Å². The molecule has 2 N–H and O–H groups in total. The molecular weight excluding hydrogens is 374 g/mol. The molecular formula is C25H23N3O2. The first-order valence-electron chi connectivity index (χ1n) is 9.57. The van der Waals surface area contributed by atoms with Crippen LogP contribution in [0.5, 0.6) is 0 Å². The minimum atomic E-state index is -0.519. The van der Waals surface area contributed by atoms with Gasteiger partial charge in [-0.3, -0.25) is 9.59 Å². The number of hydrogen-bond acceptors (Lipinski definition) is 3. The second-order valence-electron chi connectivity index (χ2n) is 7.78. The van der Waals surface area contributed by atoms with E-state index >= 15 is 0 Å². The Labute approximate surface area is 176 Å². The number of amides is 2. The standard InChI is InChI=1S/C25H23N3O2/c1-25(2,3)24(30)28-22-12-7-9-19(17-22)23(29)27-21-11-6-8-18(16-21)13-14-20-10-4-5-15-26-20/h4-12,15-17H,1-3H3,(H,27,29)(H,28,30). The molecule has 2 aromatic carbocycles. The van der Waals surface area contributed by atoms with Gasteiger partial charge in [-0.25, -0.2) is 4.98 Å². The molecule has 0 aliphatic carbocycles. The third-order valence-electron chi connectivity index (χ3n) is 4.18. The Balaban J connectivity index is 1.71. The summed E-state index contributed by atoms with van der Waals surface area (Å²) in [6, 6.07) is 19.7. The fourth-order valence-electron chi connectivity index (χ4n) is 2.51. The zero-order valence-corrected chi connectivity index (χ0v) is 17.2. The molecule has 0 unspecified atom stereocenters. The molecule has 30 heavy (non-hydrogen) atoms. The van der Waals surface area contributed by atoms with E-state index in [0.717, 1.165) is 5.56 Å². The molecule has 0 radical (unpaired) electrons. The number of carbonyl (C=O) groups excluding carboxylic acids is 2. The van der Waals surface area contributed by atoms with Gasteiger partial charge in [-0.05, 0) is 54.5 Å². The van der Waals surface area contributed by atoms with Crippen LogP contribution in [0.15, 0.2) is 72.9 Å². The topological polar surface area (TPSA) is 71.1 Å². The number of anilines is 2. The Hall–Kier alpha value is -3.91. The van der Waals surface area contributed by atoms with Gasteiger partial charge in [-0.1, -0.05) is 44.9 Å². The first-order chi connectivity index (χ1) is 14.3. The quantitative estimate of drug-likeness (QED) is 0.628. The molecule has 0 atom stereocenters. The van der Waals surface area contributed by atoms with Crippen molar-refractivity contribution < 1.29 is 9.59 Å². The predicted octanol–water partition coefficient (Wildman–Crippen LogP) is 4.72. The predicted molar refractivity (Wildman–Crippen MR) is 119 cm³/mol. The van der Waals surface area contributed by atoms with Crippen LogP contribution in [-0.2, 0) is 4.79 Å². The molecule has 1 aromatic heterocycles. The fraction of sp³-hybridized carbons (Fsp3) is 0.160. The Morgan fingerprint density at radius 3 is 2.27 bits per heavy atom. The van der Waals surface area contributed by atoms with Crippen LogP contribution in [0.4, 0.5) is 11.4 Å². The summed E-state index contributed by atoms with van der Waals surface area (Å²) in [4.78, 5) is 29.0. The summed E-state index contributed by atoms with van der Waals surface area (Å²) in [6.07, 6.45) is 1.69. The van der Waals surface area contributed by atoms with Crippen LogP contribution < -0.4 is 10.6 Å². The average Bonchev–Trinajstić information content (AvgIpc) is 2.73. The van der Waals surface area contributed by atoms with E-state index in [0.29, 0.717) is 22.6 Å². The summed E-state index contributed by atoms with van der Waals surface area (Å²) in [7, 11) is 0. The molecule has 0 aliphatic rings. The van der Waals surface area contributed by atoms with Crippen molar-refractivity contribution in [2.24, 2.45) is 5.41 Å². The van der Waals surface area contributed by atoms with Crippen LogP contribution in [-0.4, -0.2) is 16.8 Å². The summed E-state index contributed by atoms with van der Waals surface area (Å²) < 4.78 is 0. The van der Waals surface area contributed by atoms with E-state index in [2.05, 4.69) is 27.5 Å². The molecule has 5 nitrogen and oxygen atoms in total. The van der Waals surface area contributed by atoms with E-state index in [1.54, 1.807) is 42.6 Å². The normalized spacial score (nSPS) is 10.5. The largest absolute Gasteiger partial charge is 0.326 e. The van der Waals surface area contributed by atoms with Crippen LogP contribution in [0.1, 0.15) is 42.4 Å². The van der Waals surface area contributed by atoms with E-state index in [9.17, 15) is 9.59 Å². The smallest absolute Gasteiger partial charge is 0.255 e. The lowest BCUT2D eigenvalue weighted by Gasteiger charge is -2.18. The van der Waals surface area contributed by atoms with Gasteiger partial charge < -0.3 is 10.6 Å². The zero-order valence-electron chi connectivity index (χ0n) is 17.2. The van der Waals surface area contributed by atoms with Gasteiger partial charge in [-0.15, -0.1) is 0 Å². The third kappa shape index (κ3) is 5.79. The van der Waals surface area contributed by atoms with Crippen molar-refractivity contribution >= 4 is 23.2 Å². The summed E-state index contributed by atoms with van der Waals surface area (Å²) in [5.74, 6) is 5.67. The van der Waals surface area contributed by atoms with Crippen molar-refractivity contribution in [3.8, 4) is 11.8 Å². The van der Waals surface area contributed by atoms with Crippen LogP contribution in [0, 0.1) is 17.3 Å². The number of hydrogen-bond donors (Lipinski definition) is 2. The van der Waals surface area contributed by atoms with Gasteiger partial charge in [0.1, 0.15) is 5.69 Å². The molecule has 0 saturated carbocycles. The maximum absolute atomic E-state index is 12.7. The number of aromatic nitrogens is 1. The average molecular weight is 397 g/mol. The van der Waals surface area contributed by atoms with Gasteiger partial charge in [-0.2, -0.15) is 0 Å². The number of pyridine rings is 1. The Bertz CT molecular complexity index is 1120. The number of carbonyl (C=O) groups is 2. The minimum Gasteiger partial charge on any atom is -0.326 e. The van der Waals surface area contributed by atoms with Crippen molar-refractivity contribution in [2.75, 3.05) is 10.6 Å². The molecule has 0 saturated heterocycles. The maximum atomic E-state index is 12.7. The number of benzene rings is 2. The van der Waals surface area contributed by atoms with Crippen LogP contribution >= 0.6 is 0 Å². The highest BCUT2D eigenvalue weighted by Gasteiger charge is 2.21. The number of nitrogens with zero attached hydrogens (tertiary/aromatic N) is 1. The second kappa shape index (κ2) is 9.06. The lowest BCUT2D eigenvalue weighted by atomic mass is 9.95. The molecule has 0 spiro atoms. The van der Waals surface area contributed by atoms with Gasteiger partial charge in [0.15, 0.2) is 0 Å². The molecule has 5 heteroatoms. The number of rotatable bonds is 3. The van der Waals surface area contributed by atoms with Crippen LogP contribution in [0.3, 0.4) is 0 Å². The monoisotopic (exact) mass is 397 g/mol. The minimum absolute atomic E-state index is 0.112. The van der Waals surface area contributed by atoms with Gasteiger partial charge in [0.25, 0.3) is 5.91 Å². The molecule has 150 valence electrons. The van der Waals surface area contributed by atoms with Gasteiger partial charge in [0.2, 0.25) is 5.91 Å². The summed E-state index contributed by atoms with van der Waals surface area (Å²) >= 11 is 0. The fourth-order valence-corrected chi connectivity index (χ4v) is 2.51. The van der Waals surface area contributed by atoms with Crippen LogP contribution in [0.25, 0.3) is 0 Å². The van der Waals surface area contributed by atoms with Gasteiger partial charge >= 0.3 is 0 Å². The Morgan fingerprint density at radius 1 is 0.833 bits per heavy atom. The summed E-state index contributed by atoms with van der Waals surface area (Å²) in [6.45, 7) is 5.51. The molecule has 3 rings (SSSR count). The molecule has 3 aromatic rings. The molecule has 2 amide bonds. The van der Waals surface area contributed by atoms with E-state index in [4.69, 9.17) is 0 Å². The van der Waals surface area contributed by atoms with E-state index in [1.165, 1.54) is 0 Å². The zero-order chi connectivity index (χ0) is 21.6. The van der Waals surface area contributed by atoms with Crippen molar-refractivity contribution in [3.63, 3.8) is 0 Å². The summed E-state index contributed by atoms with van der Waals surface area (Å²) in [5, 5.41) is 5.71.